The molecule has 1 aromatic rings. The summed E-state index contributed by atoms with van der Waals surface area (Å²) in [5.74, 6) is -1.12. The van der Waals surface area contributed by atoms with Gasteiger partial charge in [0.2, 0.25) is 0 Å². The lowest BCUT2D eigenvalue weighted by Crippen LogP contribution is -2.47. The summed E-state index contributed by atoms with van der Waals surface area (Å²) >= 11 is 0. The summed E-state index contributed by atoms with van der Waals surface area (Å²) in [5.41, 5.74) is 0.306. The normalized spacial score (nSPS) is 18.8. The van der Waals surface area contributed by atoms with Gasteiger partial charge in [0.1, 0.15) is 11.3 Å². The van der Waals surface area contributed by atoms with Crippen molar-refractivity contribution in [2.75, 3.05) is 21.3 Å². The van der Waals surface area contributed by atoms with E-state index in [0.717, 1.165) is 19.3 Å². The van der Waals surface area contributed by atoms with E-state index in [1.54, 1.807) is 12.1 Å². The molecule has 2 fully saturated rings. The lowest BCUT2D eigenvalue weighted by atomic mass is 9.93. The Labute approximate surface area is 151 Å². The predicted molar refractivity (Wildman–Crippen MR) is 92.1 cm³/mol. The van der Waals surface area contributed by atoms with Gasteiger partial charge in [-0.3, -0.25) is 0 Å². The van der Waals surface area contributed by atoms with Crippen LogP contribution >= 0.6 is 0 Å². The Morgan fingerprint density at radius 1 is 0.846 bits per heavy atom. The van der Waals surface area contributed by atoms with Crippen LogP contribution in [0.1, 0.15) is 37.7 Å². The molecule has 0 radical (unpaired) electrons. The van der Waals surface area contributed by atoms with Crippen LogP contribution in [0.25, 0.3) is 6.08 Å². The van der Waals surface area contributed by atoms with Crippen LogP contribution in [-0.4, -0.2) is 39.1 Å². The van der Waals surface area contributed by atoms with Crippen molar-refractivity contribution in [2.45, 2.75) is 37.9 Å². The zero-order valence-corrected chi connectivity index (χ0v) is 15.1. The third-order valence-corrected chi connectivity index (χ3v) is 4.65. The Hall–Kier alpha value is -2.70. The number of rotatable bonds is 4. The van der Waals surface area contributed by atoms with E-state index in [0.29, 0.717) is 35.7 Å². The van der Waals surface area contributed by atoms with Crippen LogP contribution in [0.4, 0.5) is 0 Å². The summed E-state index contributed by atoms with van der Waals surface area (Å²) in [6.07, 6.45) is 5.24. The Balaban J connectivity index is 1.95. The molecule has 0 N–H and O–H groups in total. The first-order valence-electron chi connectivity index (χ1n) is 8.50. The van der Waals surface area contributed by atoms with Crippen molar-refractivity contribution < 1.29 is 33.3 Å². The Morgan fingerprint density at radius 2 is 1.38 bits per heavy atom. The van der Waals surface area contributed by atoms with E-state index in [1.807, 2.05) is 0 Å². The quantitative estimate of drug-likeness (QED) is 0.463. The number of benzene rings is 1. The third-order valence-electron chi connectivity index (χ3n) is 4.65. The fraction of sp³-hybridized carbons (Fsp3) is 0.474. The molecule has 1 aliphatic heterocycles. The van der Waals surface area contributed by atoms with Gasteiger partial charge in [0.05, 0.1) is 21.3 Å². The van der Waals surface area contributed by atoms with Crippen molar-refractivity contribution >= 4 is 18.0 Å². The molecule has 7 heteroatoms. The predicted octanol–water partition coefficient (Wildman–Crippen LogP) is 2.86. The summed E-state index contributed by atoms with van der Waals surface area (Å²) in [7, 11) is 4.49. The van der Waals surface area contributed by atoms with Crippen molar-refractivity contribution in [1.82, 2.24) is 0 Å². The first-order chi connectivity index (χ1) is 12.5. The van der Waals surface area contributed by atoms with E-state index in [4.69, 9.17) is 23.7 Å². The van der Waals surface area contributed by atoms with Gasteiger partial charge >= 0.3 is 11.9 Å². The van der Waals surface area contributed by atoms with Gasteiger partial charge < -0.3 is 23.7 Å². The minimum atomic E-state index is -1.11. The van der Waals surface area contributed by atoms with Crippen LogP contribution in [0.5, 0.6) is 17.2 Å². The molecule has 2 aliphatic rings. The number of hydrogen-bond donors (Lipinski definition) is 0. The highest BCUT2D eigenvalue weighted by atomic mass is 16.7. The number of carbonyl (C=O) groups excluding carboxylic acids is 2. The van der Waals surface area contributed by atoms with Crippen molar-refractivity contribution in [1.29, 1.82) is 0 Å². The highest BCUT2D eigenvalue weighted by Gasteiger charge is 2.46. The third kappa shape index (κ3) is 3.34. The minimum absolute atomic E-state index is 0.174. The topological polar surface area (TPSA) is 80.3 Å². The Bertz CT molecular complexity index is 722. The second kappa shape index (κ2) is 7.27. The number of ether oxygens (including phenoxy) is 5. The monoisotopic (exact) mass is 362 g/mol. The van der Waals surface area contributed by atoms with Gasteiger partial charge in [-0.1, -0.05) is 6.42 Å². The maximum atomic E-state index is 12.5. The van der Waals surface area contributed by atoms with Crippen LogP contribution in [0.15, 0.2) is 17.7 Å². The first-order valence-corrected chi connectivity index (χ1v) is 8.50. The Morgan fingerprint density at radius 3 is 1.92 bits per heavy atom. The highest BCUT2D eigenvalue weighted by molar-refractivity contribution is 6.19. The van der Waals surface area contributed by atoms with Gasteiger partial charge in [0, 0.05) is 24.5 Å². The van der Waals surface area contributed by atoms with Crippen LogP contribution in [0.3, 0.4) is 0 Å². The molecular formula is C19H22O7. The summed E-state index contributed by atoms with van der Waals surface area (Å²) in [5, 5.41) is 0. The van der Waals surface area contributed by atoms with E-state index in [2.05, 4.69) is 0 Å². The summed E-state index contributed by atoms with van der Waals surface area (Å²) in [6, 6.07) is 3.24. The molecule has 0 aromatic heterocycles. The standard InChI is InChI=1S/C19H22O7/c1-22-14-11-16(24-3)15(23-2)10-12(14)9-13-17(20)25-19(26-18(13)21)7-5-4-6-8-19/h9-11H,4-8H2,1-3H3. The molecule has 0 bridgehead atoms. The van der Waals surface area contributed by atoms with E-state index in [1.165, 1.54) is 27.4 Å². The lowest BCUT2D eigenvalue weighted by molar-refractivity contribution is -0.244. The molecule has 1 aromatic carbocycles. The zero-order chi connectivity index (χ0) is 18.7. The summed E-state index contributed by atoms with van der Waals surface area (Å²) in [6.45, 7) is 0. The number of carbonyl (C=O) groups is 2. The van der Waals surface area contributed by atoms with E-state index < -0.39 is 17.7 Å². The van der Waals surface area contributed by atoms with Gasteiger partial charge in [-0.2, -0.15) is 0 Å². The molecule has 3 rings (SSSR count). The summed E-state index contributed by atoms with van der Waals surface area (Å²) < 4.78 is 26.8. The molecule has 7 nitrogen and oxygen atoms in total. The molecule has 0 atom stereocenters. The van der Waals surface area contributed by atoms with Crippen LogP contribution in [0.2, 0.25) is 0 Å². The van der Waals surface area contributed by atoms with Crippen LogP contribution in [-0.2, 0) is 19.1 Å². The largest absolute Gasteiger partial charge is 0.496 e. The molecule has 1 saturated carbocycles. The zero-order valence-electron chi connectivity index (χ0n) is 15.1. The van der Waals surface area contributed by atoms with Gasteiger partial charge in [-0.25, -0.2) is 9.59 Å². The maximum absolute atomic E-state index is 12.5. The molecule has 0 unspecified atom stereocenters. The fourth-order valence-electron chi connectivity index (χ4n) is 3.29. The van der Waals surface area contributed by atoms with Gasteiger partial charge in [-0.05, 0) is 25.0 Å². The second-order valence-corrected chi connectivity index (χ2v) is 6.26. The number of esters is 2. The van der Waals surface area contributed by atoms with Crippen LogP contribution < -0.4 is 14.2 Å². The average Bonchev–Trinajstić information content (AvgIpc) is 2.64. The fourth-order valence-corrected chi connectivity index (χ4v) is 3.29. The maximum Gasteiger partial charge on any atom is 0.348 e. The number of hydrogen-bond acceptors (Lipinski definition) is 7. The highest BCUT2D eigenvalue weighted by Crippen LogP contribution is 2.39. The van der Waals surface area contributed by atoms with Crippen LogP contribution in [0, 0.1) is 0 Å². The first kappa shape index (κ1) is 18.1. The lowest BCUT2D eigenvalue weighted by Gasteiger charge is -2.38. The van der Waals surface area contributed by atoms with Crippen molar-refractivity contribution in [3.8, 4) is 17.2 Å². The van der Waals surface area contributed by atoms with E-state index in [9.17, 15) is 9.59 Å². The SMILES string of the molecule is COc1cc(OC)c(OC)cc1C=C1C(=O)OC2(CCCCC2)OC1=O. The second-order valence-electron chi connectivity index (χ2n) is 6.26. The molecule has 0 amide bonds. The molecule has 1 saturated heterocycles. The Kier molecular flexibility index (Phi) is 5.06. The van der Waals surface area contributed by atoms with Gasteiger partial charge in [0.25, 0.3) is 5.79 Å². The average molecular weight is 362 g/mol. The molecule has 1 aliphatic carbocycles. The van der Waals surface area contributed by atoms with E-state index >= 15 is 0 Å². The van der Waals surface area contributed by atoms with Crippen molar-refractivity contribution in [3.63, 3.8) is 0 Å². The number of methoxy groups -OCH3 is 3. The van der Waals surface area contributed by atoms with E-state index in [-0.39, 0.29) is 5.57 Å². The molecule has 1 heterocycles. The molecule has 140 valence electrons. The molecule has 26 heavy (non-hydrogen) atoms. The van der Waals surface area contributed by atoms with Gasteiger partial charge in [-0.15, -0.1) is 0 Å². The van der Waals surface area contributed by atoms with Crippen molar-refractivity contribution in [2.24, 2.45) is 0 Å². The smallest absolute Gasteiger partial charge is 0.348 e. The molecule has 1 spiro atoms. The summed E-state index contributed by atoms with van der Waals surface area (Å²) in [4.78, 5) is 24.9. The van der Waals surface area contributed by atoms with Gasteiger partial charge in [0.15, 0.2) is 11.5 Å². The molecular weight excluding hydrogens is 340 g/mol. The minimum Gasteiger partial charge on any atom is -0.496 e. The van der Waals surface area contributed by atoms with Crippen molar-refractivity contribution in [3.05, 3.63) is 23.3 Å².